The molecule has 5 atom stereocenters. The van der Waals surface area contributed by atoms with Crippen LogP contribution in [0.25, 0.3) is 0 Å². The van der Waals surface area contributed by atoms with Gasteiger partial charge in [-0.3, -0.25) is 4.79 Å². The largest absolute Gasteiger partial charge is 0.352 e. The molecule has 3 fully saturated rings. The number of fused-ring (bicyclic) bond motifs is 5. The zero-order chi connectivity index (χ0) is 11.3. The van der Waals surface area contributed by atoms with Crippen LogP contribution >= 0.6 is 0 Å². The van der Waals surface area contributed by atoms with Crippen LogP contribution < -0.4 is 5.32 Å². The molecule has 1 amide bonds. The number of nitrogens with one attached hydrogen (secondary N) is 1. The summed E-state index contributed by atoms with van der Waals surface area (Å²) in [6.45, 7) is 1.91. The van der Waals surface area contributed by atoms with Gasteiger partial charge in [0.2, 0.25) is 5.91 Å². The quantitative estimate of drug-likeness (QED) is 0.783. The molecule has 3 aliphatic carbocycles. The van der Waals surface area contributed by atoms with Crippen LogP contribution in [-0.4, -0.2) is 11.9 Å². The number of rotatable bonds is 3. The van der Waals surface area contributed by atoms with Gasteiger partial charge in [0, 0.05) is 12.0 Å². The number of nitriles is 1. The summed E-state index contributed by atoms with van der Waals surface area (Å²) in [7, 11) is 0. The number of hydrogen-bond acceptors (Lipinski definition) is 2. The molecule has 3 aliphatic rings. The van der Waals surface area contributed by atoms with E-state index in [-0.39, 0.29) is 11.9 Å². The van der Waals surface area contributed by atoms with Gasteiger partial charge in [0.15, 0.2) is 0 Å². The van der Waals surface area contributed by atoms with Gasteiger partial charge < -0.3 is 5.32 Å². The minimum atomic E-state index is 0.0106. The van der Waals surface area contributed by atoms with Crippen molar-refractivity contribution in [3.05, 3.63) is 0 Å². The van der Waals surface area contributed by atoms with Crippen molar-refractivity contribution >= 4 is 5.91 Å². The average molecular weight is 218 g/mol. The summed E-state index contributed by atoms with van der Waals surface area (Å²) in [5.41, 5.74) is 0. The Balaban J connectivity index is 1.57. The molecule has 2 bridgehead atoms. The van der Waals surface area contributed by atoms with E-state index in [4.69, 9.17) is 5.26 Å². The Labute approximate surface area is 96.2 Å². The van der Waals surface area contributed by atoms with E-state index in [1.807, 2.05) is 6.92 Å². The molecule has 0 aromatic rings. The number of amides is 1. The molecule has 0 aliphatic heterocycles. The molecule has 3 rings (SSSR count). The second-order valence-electron chi connectivity index (χ2n) is 5.79. The van der Waals surface area contributed by atoms with Crippen LogP contribution in [-0.2, 0) is 4.79 Å². The second kappa shape index (κ2) is 3.48. The van der Waals surface area contributed by atoms with Gasteiger partial charge in [-0.05, 0) is 49.9 Å². The summed E-state index contributed by atoms with van der Waals surface area (Å²) in [6.07, 6.45) is 4.50. The fourth-order valence-electron chi connectivity index (χ4n) is 4.20. The third kappa shape index (κ3) is 1.36. The summed E-state index contributed by atoms with van der Waals surface area (Å²) < 4.78 is 0. The monoisotopic (exact) mass is 218 g/mol. The summed E-state index contributed by atoms with van der Waals surface area (Å²) in [4.78, 5) is 12.0. The Morgan fingerprint density at radius 1 is 1.44 bits per heavy atom. The van der Waals surface area contributed by atoms with Crippen LogP contribution in [0.3, 0.4) is 0 Å². The molecule has 5 unspecified atom stereocenters. The predicted octanol–water partition coefficient (Wildman–Crippen LogP) is 1.70. The number of nitrogens with zero attached hydrogens (tertiary/aromatic N) is 1. The first kappa shape index (κ1) is 10.1. The van der Waals surface area contributed by atoms with Crippen LogP contribution in [0.4, 0.5) is 0 Å². The highest BCUT2D eigenvalue weighted by Gasteiger charge is 2.67. The van der Waals surface area contributed by atoms with Gasteiger partial charge in [-0.15, -0.1) is 0 Å². The SMILES string of the molecule is CC(CC#N)NC(=O)C1C2C3CCC(C3)C12. The van der Waals surface area contributed by atoms with E-state index in [1.54, 1.807) is 0 Å². The van der Waals surface area contributed by atoms with E-state index in [0.29, 0.717) is 24.2 Å². The first-order chi connectivity index (χ1) is 7.72. The Morgan fingerprint density at radius 2 is 2.06 bits per heavy atom. The van der Waals surface area contributed by atoms with Gasteiger partial charge in [-0.25, -0.2) is 0 Å². The summed E-state index contributed by atoms with van der Waals surface area (Å²) in [5, 5.41) is 11.5. The smallest absolute Gasteiger partial charge is 0.223 e. The summed E-state index contributed by atoms with van der Waals surface area (Å²) in [5.74, 6) is 3.61. The molecule has 0 aromatic heterocycles. The van der Waals surface area contributed by atoms with Crippen LogP contribution in [0, 0.1) is 40.9 Å². The first-order valence-corrected chi connectivity index (χ1v) is 6.39. The van der Waals surface area contributed by atoms with Crippen molar-refractivity contribution in [1.82, 2.24) is 5.32 Å². The number of hydrogen-bond donors (Lipinski definition) is 1. The molecule has 3 nitrogen and oxygen atoms in total. The van der Waals surface area contributed by atoms with Gasteiger partial charge in [-0.1, -0.05) is 0 Å². The molecule has 0 heterocycles. The van der Waals surface area contributed by atoms with Crippen molar-refractivity contribution in [2.45, 2.75) is 38.6 Å². The van der Waals surface area contributed by atoms with Gasteiger partial charge in [0.1, 0.15) is 0 Å². The van der Waals surface area contributed by atoms with Gasteiger partial charge in [0.05, 0.1) is 12.5 Å². The van der Waals surface area contributed by atoms with Crippen molar-refractivity contribution in [2.75, 3.05) is 0 Å². The third-order valence-electron chi connectivity index (χ3n) is 4.82. The topological polar surface area (TPSA) is 52.9 Å². The highest BCUT2D eigenvalue weighted by molar-refractivity contribution is 5.83. The van der Waals surface area contributed by atoms with E-state index >= 15 is 0 Å². The summed E-state index contributed by atoms with van der Waals surface area (Å²) >= 11 is 0. The zero-order valence-corrected chi connectivity index (χ0v) is 9.65. The van der Waals surface area contributed by atoms with Crippen molar-refractivity contribution in [2.24, 2.45) is 29.6 Å². The fraction of sp³-hybridized carbons (Fsp3) is 0.846. The molecule has 0 saturated heterocycles. The van der Waals surface area contributed by atoms with Crippen LogP contribution in [0.5, 0.6) is 0 Å². The minimum absolute atomic E-state index is 0.0106. The maximum absolute atomic E-state index is 12.0. The van der Waals surface area contributed by atoms with Gasteiger partial charge >= 0.3 is 0 Å². The molecule has 0 aromatic carbocycles. The predicted molar refractivity (Wildman–Crippen MR) is 59.1 cm³/mol. The lowest BCUT2D eigenvalue weighted by Gasteiger charge is -2.13. The lowest BCUT2D eigenvalue weighted by atomic mass is 10.0. The molecule has 0 spiro atoms. The standard InChI is InChI=1S/C13H18N2O/c1-7(4-5-14)15-13(16)12-10-8-2-3-9(6-8)11(10)12/h7-12H,2-4,6H2,1H3,(H,15,16). The zero-order valence-electron chi connectivity index (χ0n) is 9.65. The van der Waals surface area contributed by atoms with Crippen LogP contribution in [0.2, 0.25) is 0 Å². The van der Waals surface area contributed by atoms with Crippen LogP contribution in [0.1, 0.15) is 32.6 Å². The van der Waals surface area contributed by atoms with E-state index in [0.717, 1.165) is 11.8 Å². The maximum atomic E-state index is 12.0. The van der Waals surface area contributed by atoms with E-state index < -0.39 is 0 Å². The molecule has 3 heteroatoms. The first-order valence-electron chi connectivity index (χ1n) is 6.39. The van der Waals surface area contributed by atoms with Crippen LogP contribution in [0.15, 0.2) is 0 Å². The van der Waals surface area contributed by atoms with Crippen molar-refractivity contribution in [3.63, 3.8) is 0 Å². The Morgan fingerprint density at radius 3 is 2.62 bits per heavy atom. The molecule has 3 saturated carbocycles. The van der Waals surface area contributed by atoms with Crippen molar-refractivity contribution in [1.29, 1.82) is 5.26 Å². The Kier molecular flexibility index (Phi) is 2.20. The minimum Gasteiger partial charge on any atom is -0.352 e. The van der Waals surface area contributed by atoms with E-state index in [9.17, 15) is 4.79 Å². The third-order valence-corrected chi connectivity index (χ3v) is 4.82. The Bertz CT molecular complexity index is 343. The molecule has 86 valence electrons. The molecule has 1 N–H and O–H groups in total. The lowest BCUT2D eigenvalue weighted by Crippen LogP contribution is -2.34. The highest BCUT2D eigenvalue weighted by Crippen LogP contribution is 2.69. The summed E-state index contributed by atoms with van der Waals surface area (Å²) in [6, 6.07) is 2.11. The normalized spacial score (nSPS) is 44.6. The molecular formula is C13H18N2O. The maximum Gasteiger partial charge on any atom is 0.223 e. The van der Waals surface area contributed by atoms with E-state index in [1.165, 1.54) is 19.3 Å². The average Bonchev–Trinajstić information content (AvgIpc) is 2.69. The van der Waals surface area contributed by atoms with Crippen molar-refractivity contribution in [3.8, 4) is 6.07 Å². The Hall–Kier alpha value is -1.04. The number of carbonyl (C=O) groups is 1. The fourth-order valence-corrected chi connectivity index (χ4v) is 4.20. The van der Waals surface area contributed by atoms with Gasteiger partial charge in [0.25, 0.3) is 0 Å². The second-order valence-corrected chi connectivity index (χ2v) is 5.79. The van der Waals surface area contributed by atoms with Gasteiger partial charge in [-0.2, -0.15) is 5.26 Å². The van der Waals surface area contributed by atoms with Crippen molar-refractivity contribution < 1.29 is 4.79 Å². The van der Waals surface area contributed by atoms with E-state index in [2.05, 4.69) is 11.4 Å². The lowest BCUT2D eigenvalue weighted by molar-refractivity contribution is -0.123. The number of carbonyl (C=O) groups excluding carboxylic acids is 1. The molecule has 0 radical (unpaired) electrons. The highest BCUT2D eigenvalue weighted by atomic mass is 16.2. The molecule has 16 heavy (non-hydrogen) atoms. The molecular weight excluding hydrogens is 200 g/mol.